The van der Waals surface area contributed by atoms with Crippen LogP contribution >= 0.6 is 12.4 Å². The van der Waals surface area contributed by atoms with Gasteiger partial charge in [0.15, 0.2) is 0 Å². The van der Waals surface area contributed by atoms with Crippen LogP contribution in [-0.2, 0) is 4.74 Å². The number of hydrogen-bond donors (Lipinski definition) is 2. The Morgan fingerprint density at radius 2 is 2.56 bits per heavy atom. The summed E-state index contributed by atoms with van der Waals surface area (Å²) in [6.07, 6.45) is -0.361. The largest absolute Gasteiger partial charge is 0.447 e. The number of nitrogens with one attached hydrogen (secondary N) is 1. The van der Waals surface area contributed by atoms with E-state index in [1.54, 1.807) is 0 Å². The molecule has 0 radical (unpaired) electrons. The molecule has 0 aromatic heterocycles. The summed E-state index contributed by atoms with van der Waals surface area (Å²) in [5.74, 6) is 0. The molecule has 0 saturated carbocycles. The van der Waals surface area contributed by atoms with E-state index >= 15 is 0 Å². The number of rotatable bonds is 1. The van der Waals surface area contributed by atoms with Crippen molar-refractivity contribution in [3.63, 3.8) is 0 Å². The monoisotopic (exact) mass is 152 g/mol. The molecule has 1 heterocycles. The molecule has 1 saturated heterocycles. The van der Waals surface area contributed by atoms with Gasteiger partial charge in [0.2, 0.25) is 0 Å². The molecular weight excluding hydrogens is 144 g/mol. The van der Waals surface area contributed by atoms with Gasteiger partial charge in [-0.15, -0.1) is 12.4 Å². The second-order valence-corrected chi connectivity index (χ2v) is 1.68. The third-order valence-corrected chi connectivity index (χ3v) is 1.02. The summed E-state index contributed by atoms with van der Waals surface area (Å²) in [5.41, 5.74) is 5.20. The number of carbonyl (C=O) groups is 1. The highest BCUT2D eigenvalue weighted by atomic mass is 35.5. The van der Waals surface area contributed by atoms with Gasteiger partial charge in [0.05, 0.1) is 6.04 Å². The van der Waals surface area contributed by atoms with Gasteiger partial charge in [-0.05, 0) is 0 Å². The second-order valence-electron chi connectivity index (χ2n) is 1.68. The molecule has 1 rings (SSSR count). The Morgan fingerprint density at radius 3 is 2.78 bits per heavy atom. The molecule has 1 aliphatic heterocycles. The summed E-state index contributed by atoms with van der Waals surface area (Å²) in [5, 5.41) is 2.52. The van der Waals surface area contributed by atoms with E-state index in [4.69, 9.17) is 5.73 Å². The summed E-state index contributed by atoms with van der Waals surface area (Å²) >= 11 is 0. The zero-order valence-corrected chi connectivity index (χ0v) is 5.61. The van der Waals surface area contributed by atoms with Gasteiger partial charge in [-0.2, -0.15) is 0 Å². The van der Waals surface area contributed by atoms with Crippen LogP contribution in [-0.4, -0.2) is 25.3 Å². The highest BCUT2D eigenvalue weighted by molar-refractivity contribution is 5.85. The minimum absolute atomic E-state index is 0. The van der Waals surface area contributed by atoms with Crippen LogP contribution in [0.15, 0.2) is 0 Å². The summed E-state index contributed by atoms with van der Waals surface area (Å²) in [4.78, 5) is 10.2. The lowest BCUT2D eigenvalue weighted by atomic mass is 10.3. The Morgan fingerprint density at radius 1 is 1.89 bits per heavy atom. The number of alkyl carbamates (subject to hydrolysis) is 1. The van der Waals surface area contributed by atoms with Crippen molar-refractivity contribution in [2.75, 3.05) is 13.2 Å². The highest BCUT2D eigenvalue weighted by Gasteiger charge is 2.19. The van der Waals surface area contributed by atoms with Crippen LogP contribution in [0.5, 0.6) is 0 Å². The Labute approximate surface area is 59.1 Å². The van der Waals surface area contributed by atoms with Crippen LogP contribution in [0.2, 0.25) is 0 Å². The van der Waals surface area contributed by atoms with Gasteiger partial charge in [-0.25, -0.2) is 4.79 Å². The maximum atomic E-state index is 10.2. The van der Waals surface area contributed by atoms with E-state index in [9.17, 15) is 4.79 Å². The van der Waals surface area contributed by atoms with Crippen LogP contribution in [0.4, 0.5) is 4.79 Å². The summed E-state index contributed by atoms with van der Waals surface area (Å²) < 4.78 is 4.53. The SMILES string of the molecule is Cl.NCC1COC(=O)N1. The van der Waals surface area contributed by atoms with Crippen molar-refractivity contribution in [2.24, 2.45) is 5.73 Å². The molecular formula is C4H9ClN2O2. The number of carbonyl (C=O) groups excluding carboxylic acids is 1. The first kappa shape index (κ1) is 8.52. The van der Waals surface area contributed by atoms with Gasteiger partial charge in [0, 0.05) is 6.54 Å². The van der Waals surface area contributed by atoms with Gasteiger partial charge in [-0.3, -0.25) is 0 Å². The van der Waals surface area contributed by atoms with Crippen molar-refractivity contribution in [3.8, 4) is 0 Å². The zero-order valence-electron chi connectivity index (χ0n) is 4.79. The molecule has 5 heteroatoms. The maximum Gasteiger partial charge on any atom is 0.407 e. The van der Waals surface area contributed by atoms with Crippen molar-refractivity contribution in [3.05, 3.63) is 0 Å². The van der Waals surface area contributed by atoms with E-state index in [0.29, 0.717) is 13.2 Å². The molecule has 9 heavy (non-hydrogen) atoms. The van der Waals surface area contributed by atoms with Crippen molar-refractivity contribution in [2.45, 2.75) is 6.04 Å². The van der Waals surface area contributed by atoms with Crippen LogP contribution in [0.25, 0.3) is 0 Å². The van der Waals surface area contributed by atoms with Gasteiger partial charge in [0.1, 0.15) is 6.61 Å². The van der Waals surface area contributed by atoms with E-state index in [1.807, 2.05) is 0 Å². The predicted molar refractivity (Wildman–Crippen MR) is 34.6 cm³/mol. The first-order chi connectivity index (χ1) is 3.83. The molecule has 1 aliphatic rings. The van der Waals surface area contributed by atoms with E-state index in [-0.39, 0.29) is 24.5 Å². The highest BCUT2D eigenvalue weighted by Crippen LogP contribution is 1.93. The smallest absolute Gasteiger partial charge is 0.407 e. The fraction of sp³-hybridized carbons (Fsp3) is 0.750. The molecule has 0 bridgehead atoms. The lowest BCUT2D eigenvalue weighted by Crippen LogP contribution is -2.33. The van der Waals surface area contributed by atoms with Gasteiger partial charge < -0.3 is 15.8 Å². The van der Waals surface area contributed by atoms with Crippen molar-refractivity contribution >= 4 is 18.5 Å². The Hall–Kier alpha value is -0.480. The minimum atomic E-state index is -0.361. The van der Waals surface area contributed by atoms with E-state index in [1.165, 1.54) is 0 Å². The molecule has 1 unspecified atom stereocenters. The molecule has 0 aromatic carbocycles. The normalized spacial score (nSPS) is 24.1. The Bertz CT molecular complexity index is 109. The fourth-order valence-corrected chi connectivity index (χ4v) is 0.553. The number of nitrogens with two attached hydrogens (primary N) is 1. The van der Waals surface area contributed by atoms with Crippen molar-refractivity contribution in [1.29, 1.82) is 0 Å². The quantitative estimate of drug-likeness (QED) is 0.531. The van der Waals surface area contributed by atoms with Crippen molar-refractivity contribution < 1.29 is 9.53 Å². The number of hydrogen-bond acceptors (Lipinski definition) is 3. The van der Waals surface area contributed by atoms with Crippen molar-refractivity contribution in [1.82, 2.24) is 5.32 Å². The molecule has 0 spiro atoms. The standard InChI is InChI=1S/C4H8N2O2.ClH/c5-1-3-2-8-4(7)6-3;/h3H,1-2,5H2,(H,6,7);1H. The number of ether oxygens (including phenoxy) is 1. The molecule has 3 N–H and O–H groups in total. The first-order valence-electron chi connectivity index (χ1n) is 2.46. The van der Waals surface area contributed by atoms with Gasteiger partial charge in [0.25, 0.3) is 0 Å². The lowest BCUT2D eigenvalue weighted by Gasteiger charge is -1.98. The van der Waals surface area contributed by atoms with Crippen LogP contribution in [0, 0.1) is 0 Å². The van der Waals surface area contributed by atoms with E-state index in [2.05, 4.69) is 10.1 Å². The fourth-order valence-electron chi connectivity index (χ4n) is 0.553. The summed E-state index contributed by atoms with van der Waals surface area (Å²) in [6.45, 7) is 0.862. The van der Waals surface area contributed by atoms with Gasteiger partial charge in [-0.1, -0.05) is 0 Å². The molecule has 1 amide bonds. The maximum absolute atomic E-state index is 10.2. The average Bonchev–Trinajstić information content (AvgIpc) is 2.14. The predicted octanol–water partition coefficient (Wildman–Crippen LogP) is -0.525. The molecule has 54 valence electrons. The van der Waals surface area contributed by atoms with Gasteiger partial charge >= 0.3 is 6.09 Å². The first-order valence-corrected chi connectivity index (χ1v) is 2.46. The molecule has 1 fully saturated rings. The Balaban J connectivity index is 0.000000640. The molecule has 1 atom stereocenters. The van der Waals surface area contributed by atoms with Crippen LogP contribution in [0.3, 0.4) is 0 Å². The number of halogens is 1. The molecule has 4 nitrogen and oxygen atoms in total. The van der Waals surface area contributed by atoms with Crippen LogP contribution in [0.1, 0.15) is 0 Å². The summed E-state index contributed by atoms with van der Waals surface area (Å²) in [6, 6.07) is 0.0301. The third-order valence-electron chi connectivity index (χ3n) is 1.02. The zero-order chi connectivity index (χ0) is 5.98. The minimum Gasteiger partial charge on any atom is -0.447 e. The topological polar surface area (TPSA) is 64.3 Å². The number of amides is 1. The number of cyclic esters (lactones) is 1. The average molecular weight is 153 g/mol. The lowest BCUT2D eigenvalue weighted by molar-refractivity contribution is 0.177. The molecule has 0 aromatic rings. The Kier molecular flexibility index (Phi) is 3.34. The second kappa shape index (κ2) is 3.53. The third kappa shape index (κ3) is 2.07. The van der Waals surface area contributed by atoms with Crippen LogP contribution < -0.4 is 11.1 Å². The summed E-state index contributed by atoms with van der Waals surface area (Å²) in [7, 11) is 0. The molecule has 0 aliphatic carbocycles. The van der Waals surface area contributed by atoms with E-state index in [0.717, 1.165) is 0 Å². The van der Waals surface area contributed by atoms with E-state index < -0.39 is 0 Å².